The van der Waals surface area contributed by atoms with Gasteiger partial charge in [-0.3, -0.25) is 0 Å². The molecule has 1 aliphatic rings. The topological polar surface area (TPSA) is 49.4 Å². The average Bonchev–Trinajstić information content (AvgIpc) is 2.35. The number of morpholine rings is 1. The maximum atomic E-state index is 8.25. The van der Waals surface area contributed by atoms with Gasteiger partial charge in [-0.1, -0.05) is 30.3 Å². The van der Waals surface area contributed by atoms with E-state index in [0.29, 0.717) is 6.04 Å². The molecule has 0 aliphatic carbocycles. The van der Waals surface area contributed by atoms with Gasteiger partial charge in [0.2, 0.25) is 0 Å². The van der Waals surface area contributed by atoms with Crippen LogP contribution in [-0.4, -0.2) is 43.8 Å². The Morgan fingerprint density at radius 3 is 2.61 bits per heavy atom. The number of ether oxygens (including phenoxy) is 1. The maximum absolute atomic E-state index is 8.25. The number of hydrogen-bond acceptors (Lipinski definition) is 3. The Bertz CT molecular complexity index is 355. The van der Waals surface area contributed by atoms with Crippen LogP contribution in [0, 0.1) is 0 Å². The lowest BCUT2D eigenvalue weighted by atomic mass is 10.1. The zero-order valence-corrected chi connectivity index (χ0v) is 11.0. The highest BCUT2D eigenvalue weighted by molar-refractivity contribution is 5.29. The van der Waals surface area contributed by atoms with Crippen LogP contribution in [0.3, 0.4) is 0 Å². The van der Waals surface area contributed by atoms with E-state index in [0.717, 1.165) is 30.8 Å². The SMILES string of the molecule is CC1COCC[N+]1(C)Cc1ccccc1.O=C[O-]. The largest absolute Gasteiger partial charge is 0.554 e. The van der Waals surface area contributed by atoms with E-state index in [1.807, 2.05) is 0 Å². The van der Waals surface area contributed by atoms with Gasteiger partial charge < -0.3 is 19.1 Å². The summed E-state index contributed by atoms with van der Waals surface area (Å²) in [6.45, 7) is 5.81. The molecule has 1 fully saturated rings. The van der Waals surface area contributed by atoms with Crippen molar-refractivity contribution in [1.82, 2.24) is 0 Å². The molecule has 1 aromatic rings. The third-order valence-electron chi connectivity index (χ3n) is 3.56. The fraction of sp³-hybridized carbons (Fsp3) is 0.500. The van der Waals surface area contributed by atoms with Crippen molar-refractivity contribution in [3.05, 3.63) is 35.9 Å². The first-order valence-corrected chi connectivity index (χ1v) is 6.14. The quantitative estimate of drug-likeness (QED) is 0.565. The number of carboxylic acid groups (broad SMARTS) is 1. The molecule has 0 amide bonds. The molecule has 1 saturated heterocycles. The van der Waals surface area contributed by atoms with Gasteiger partial charge in [-0.2, -0.15) is 0 Å². The number of carbonyl (C=O) groups is 1. The fourth-order valence-electron chi connectivity index (χ4n) is 2.16. The van der Waals surface area contributed by atoms with Crippen LogP contribution in [0.4, 0.5) is 0 Å². The summed E-state index contributed by atoms with van der Waals surface area (Å²) in [6, 6.07) is 11.3. The van der Waals surface area contributed by atoms with Crippen molar-refractivity contribution in [3.8, 4) is 0 Å². The number of benzene rings is 1. The molecule has 2 rings (SSSR count). The van der Waals surface area contributed by atoms with Gasteiger partial charge in [0.15, 0.2) is 0 Å². The van der Waals surface area contributed by atoms with Gasteiger partial charge in [0.05, 0.1) is 20.3 Å². The first kappa shape index (κ1) is 14.7. The highest BCUT2D eigenvalue weighted by Crippen LogP contribution is 2.19. The van der Waals surface area contributed by atoms with E-state index in [1.54, 1.807) is 0 Å². The lowest BCUT2D eigenvalue weighted by molar-refractivity contribution is -0.951. The van der Waals surface area contributed by atoms with Crippen molar-refractivity contribution in [1.29, 1.82) is 0 Å². The predicted molar refractivity (Wildman–Crippen MR) is 67.5 cm³/mol. The molecule has 100 valence electrons. The molecule has 1 aromatic carbocycles. The Morgan fingerprint density at radius 1 is 1.44 bits per heavy atom. The maximum Gasteiger partial charge on any atom is 0.110 e. The summed E-state index contributed by atoms with van der Waals surface area (Å²) in [5, 5.41) is 8.25. The average molecular weight is 251 g/mol. The van der Waals surface area contributed by atoms with E-state index in [9.17, 15) is 0 Å². The van der Waals surface area contributed by atoms with Crippen LogP contribution >= 0.6 is 0 Å². The fourth-order valence-corrected chi connectivity index (χ4v) is 2.16. The molecule has 0 aromatic heterocycles. The molecular formula is C14H21NO3. The second-order valence-corrected chi connectivity index (χ2v) is 4.87. The Balaban J connectivity index is 0.000000492. The van der Waals surface area contributed by atoms with Crippen LogP contribution in [0.25, 0.3) is 0 Å². The minimum Gasteiger partial charge on any atom is -0.554 e. The lowest BCUT2D eigenvalue weighted by Gasteiger charge is -2.43. The molecule has 2 unspecified atom stereocenters. The van der Waals surface area contributed by atoms with E-state index >= 15 is 0 Å². The van der Waals surface area contributed by atoms with Crippen molar-refractivity contribution in [2.45, 2.75) is 19.5 Å². The molecule has 0 spiro atoms. The van der Waals surface area contributed by atoms with Gasteiger partial charge in [0, 0.05) is 12.0 Å². The summed E-state index contributed by atoms with van der Waals surface area (Å²) in [6.07, 6.45) is 0. The zero-order chi connectivity index (χ0) is 13.4. The smallest absolute Gasteiger partial charge is 0.110 e. The summed E-state index contributed by atoms with van der Waals surface area (Å²) in [7, 11) is 2.33. The van der Waals surface area contributed by atoms with Crippen molar-refractivity contribution < 1.29 is 19.1 Å². The predicted octanol–water partition coefficient (Wildman–Crippen LogP) is 0.418. The van der Waals surface area contributed by atoms with Gasteiger partial charge in [-0.15, -0.1) is 0 Å². The third-order valence-corrected chi connectivity index (χ3v) is 3.56. The highest BCUT2D eigenvalue weighted by atomic mass is 16.5. The van der Waals surface area contributed by atoms with Crippen molar-refractivity contribution >= 4 is 6.47 Å². The van der Waals surface area contributed by atoms with Gasteiger partial charge in [-0.25, -0.2) is 0 Å². The lowest BCUT2D eigenvalue weighted by Crippen LogP contribution is -2.57. The van der Waals surface area contributed by atoms with E-state index in [1.165, 1.54) is 5.56 Å². The molecule has 1 heterocycles. The van der Waals surface area contributed by atoms with Crippen molar-refractivity contribution in [3.63, 3.8) is 0 Å². The molecule has 4 nitrogen and oxygen atoms in total. The third kappa shape index (κ3) is 4.13. The van der Waals surface area contributed by atoms with E-state index in [-0.39, 0.29) is 0 Å². The van der Waals surface area contributed by atoms with E-state index in [2.05, 4.69) is 44.3 Å². The molecule has 1 aliphatic heterocycles. The number of likely N-dealkylation sites (N-methyl/N-ethyl adjacent to an activating group) is 1. The first-order valence-electron chi connectivity index (χ1n) is 6.14. The van der Waals surface area contributed by atoms with Crippen molar-refractivity contribution in [2.75, 3.05) is 26.8 Å². The van der Waals surface area contributed by atoms with Gasteiger partial charge >= 0.3 is 0 Å². The van der Waals surface area contributed by atoms with Crippen LogP contribution in [-0.2, 0) is 16.1 Å². The number of rotatable bonds is 2. The molecule has 4 heteroatoms. The molecular weight excluding hydrogens is 230 g/mol. The molecule has 2 atom stereocenters. The Morgan fingerprint density at radius 2 is 2.06 bits per heavy atom. The number of carbonyl (C=O) groups excluding carboxylic acids is 1. The minimum atomic E-state index is -0.500. The molecule has 0 radical (unpaired) electrons. The number of nitrogens with zero attached hydrogens (tertiary/aromatic N) is 1. The first-order chi connectivity index (χ1) is 8.62. The van der Waals surface area contributed by atoms with Crippen LogP contribution in [0.5, 0.6) is 0 Å². The Hall–Kier alpha value is -1.39. The summed E-state index contributed by atoms with van der Waals surface area (Å²) < 4.78 is 6.60. The summed E-state index contributed by atoms with van der Waals surface area (Å²) >= 11 is 0. The number of hydrogen-bond donors (Lipinski definition) is 0. The van der Waals surface area contributed by atoms with Crippen LogP contribution < -0.4 is 5.11 Å². The standard InChI is InChI=1S/C13H20NO.CH2O2/c1-12-11-15-9-8-14(12,2)10-13-6-4-3-5-7-13;2-1-3/h3-7,12H,8-11H2,1-2H3;1H,(H,2,3)/q+1;/p-1. The van der Waals surface area contributed by atoms with E-state index in [4.69, 9.17) is 14.6 Å². The zero-order valence-electron chi connectivity index (χ0n) is 11.0. The molecule has 0 bridgehead atoms. The minimum absolute atomic E-state index is 0.500. The van der Waals surface area contributed by atoms with Crippen LogP contribution in [0.2, 0.25) is 0 Å². The van der Waals surface area contributed by atoms with Gasteiger partial charge in [0.25, 0.3) is 0 Å². The molecule has 18 heavy (non-hydrogen) atoms. The van der Waals surface area contributed by atoms with E-state index < -0.39 is 6.47 Å². The second kappa shape index (κ2) is 7.13. The normalized spacial score (nSPS) is 26.9. The summed E-state index contributed by atoms with van der Waals surface area (Å²) in [5.41, 5.74) is 1.42. The second-order valence-electron chi connectivity index (χ2n) is 4.87. The number of quaternary nitrogens is 1. The van der Waals surface area contributed by atoms with Gasteiger partial charge in [0.1, 0.15) is 19.1 Å². The van der Waals surface area contributed by atoms with Crippen LogP contribution in [0.15, 0.2) is 30.3 Å². The van der Waals surface area contributed by atoms with Crippen molar-refractivity contribution in [2.24, 2.45) is 0 Å². The van der Waals surface area contributed by atoms with Crippen LogP contribution in [0.1, 0.15) is 12.5 Å². The summed E-state index contributed by atoms with van der Waals surface area (Å²) in [5.74, 6) is 0. The monoisotopic (exact) mass is 251 g/mol. The molecule has 0 saturated carbocycles. The molecule has 0 N–H and O–H groups in total. The Labute approximate surface area is 108 Å². The Kier molecular flexibility index (Phi) is 5.82. The highest BCUT2D eigenvalue weighted by Gasteiger charge is 2.32. The van der Waals surface area contributed by atoms with Gasteiger partial charge in [-0.05, 0) is 6.92 Å². The summed E-state index contributed by atoms with van der Waals surface area (Å²) in [4.78, 5) is 8.25.